The highest BCUT2D eigenvalue weighted by atomic mass is 15.2. The van der Waals surface area contributed by atoms with Crippen LogP contribution >= 0.6 is 0 Å². The second kappa shape index (κ2) is 4.94. The summed E-state index contributed by atoms with van der Waals surface area (Å²) in [5, 5.41) is 7.74. The summed E-state index contributed by atoms with van der Waals surface area (Å²) in [7, 11) is 1.93. The Hall–Kier alpha value is -1.62. The summed E-state index contributed by atoms with van der Waals surface area (Å²) < 4.78 is 4.02. The second-order valence-corrected chi connectivity index (χ2v) is 4.96. The Morgan fingerprint density at radius 1 is 1.39 bits per heavy atom. The van der Waals surface area contributed by atoms with Crippen LogP contribution in [0.1, 0.15) is 19.3 Å². The topological polar surface area (TPSA) is 47.7 Å². The molecule has 0 atom stereocenters. The van der Waals surface area contributed by atoms with Crippen LogP contribution in [0.4, 0.5) is 0 Å². The zero-order valence-corrected chi connectivity index (χ0v) is 10.7. The van der Waals surface area contributed by atoms with Crippen molar-refractivity contribution in [2.75, 3.05) is 6.54 Å². The van der Waals surface area contributed by atoms with Crippen molar-refractivity contribution in [3.05, 3.63) is 24.9 Å². The van der Waals surface area contributed by atoms with Crippen LogP contribution in [0.3, 0.4) is 0 Å². The smallest absolute Gasteiger partial charge is 0.0950 e. The molecule has 5 heteroatoms. The lowest BCUT2D eigenvalue weighted by atomic mass is 10.2. The third-order valence-electron chi connectivity index (χ3n) is 3.30. The fourth-order valence-corrected chi connectivity index (χ4v) is 2.14. The van der Waals surface area contributed by atoms with Crippen molar-refractivity contribution in [3.63, 3.8) is 0 Å². The van der Waals surface area contributed by atoms with Gasteiger partial charge in [0.15, 0.2) is 0 Å². The zero-order valence-electron chi connectivity index (χ0n) is 10.7. The van der Waals surface area contributed by atoms with Gasteiger partial charge in [-0.15, -0.1) is 0 Å². The molecule has 2 heterocycles. The molecule has 0 bridgehead atoms. The fraction of sp³-hybridized carbons (Fsp3) is 0.538. The Balaban J connectivity index is 1.59. The van der Waals surface area contributed by atoms with Crippen LogP contribution in [0.5, 0.6) is 0 Å². The molecule has 0 aromatic carbocycles. The van der Waals surface area contributed by atoms with Gasteiger partial charge < -0.3 is 9.88 Å². The van der Waals surface area contributed by atoms with Crippen LogP contribution in [0.15, 0.2) is 24.9 Å². The number of hydrogen-bond donors (Lipinski definition) is 1. The van der Waals surface area contributed by atoms with Crippen LogP contribution in [0, 0.1) is 0 Å². The average molecular weight is 245 g/mol. The third kappa shape index (κ3) is 2.61. The molecule has 0 saturated heterocycles. The van der Waals surface area contributed by atoms with Gasteiger partial charge in [0.25, 0.3) is 0 Å². The minimum atomic E-state index is 0.797. The predicted octanol–water partition coefficient (Wildman–Crippen LogP) is 1.43. The quantitative estimate of drug-likeness (QED) is 0.783. The highest BCUT2D eigenvalue weighted by Gasteiger charge is 2.19. The molecule has 2 aromatic heterocycles. The molecule has 1 aliphatic rings. The van der Waals surface area contributed by atoms with Crippen molar-refractivity contribution in [1.82, 2.24) is 24.6 Å². The molecule has 0 aliphatic heterocycles. The number of aromatic nitrogens is 4. The highest BCUT2D eigenvalue weighted by molar-refractivity contribution is 5.56. The summed E-state index contributed by atoms with van der Waals surface area (Å²) in [6, 6.07) is 0.797. The Kier molecular flexibility index (Phi) is 3.15. The number of imidazole rings is 1. The number of rotatable bonds is 6. The first-order valence-electron chi connectivity index (χ1n) is 6.55. The molecule has 96 valence electrons. The monoisotopic (exact) mass is 245 g/mol. The largest absolute Gasteiger partial charge is 0.330 e. The van der Waals surface area contributed by atoms with Gasteiger partial charge in [-0.3, -0.25) is 4.68 Å². The van der Waals surface area contributed by atoms with E-state index in [0.717, 1.165) is 36.8 Å². The van der Waals surface area contributed by atoms with Crippen LogP contribution in [-0.2, 0) is 13.6 Å². The van der Waals surface area contributed by atoms with E-state index in [-0.39, 0.29) is 0 Å². The van der Waals surface area contributed by atoms with E-state index in [9.17, 15) is 0 Å². The molecule has 0 radical (unpaired) electrons. The molecule has 5 nitrogen and oxygen atoms in total. The molecule has 1 N–H and O–H groups in total. The molecule has 3 rings (SSSR count). The SMILES string of the molecule is Cn1cc(-c2cncn2CCCNC2CC2)cn1. The first kappa shape index (κ1) is 11.5. The Morgan fingerprint density at radius 2 is 2.28 bits per heavy atom. The molecule has 0 amide bonds. The van der Waals surface area contributed by atoms with E-state index in [1.54, 1.807) is 0 Å². The minimum absolute atomic E-state index is 0.797. The van der Waals surface area contributed by atoms with Crippen molar-refractivity contribution in [1.29, 1.82) is 0 Å². The van der Waals surface area contributed by atoms with Crippen molar-refractivity contribution in [2.24, 2.45) is 7.05 Å². The summed E-state index contributed by atoms with van der Waals surface area (Å²) in [5.74, 6) is 0. The Morgan fingerprint density at radius 3 is 3.00 bits per heavy atom. The molecule has 2 aromatic rings. The summed E-state index contributed by atoms with van der Waals surface area (Å²) in [6.45, 7) is 2.10. The van der Waals surface area contributed by atoms with E-state index < -0.39 is 0 Å². The van der Waals surface area contributed by atoms with E-state index in [1.165, 1.54) is 12.8 Å². The molecular formula is C13H19N5. The van der Waals surface area contributed by atoms with Crippen LogP contribution in [-0.4, -0.2) is 31.9 Å². The molecular weight excluding hydrogens is 226 g/mol. The van der Waals surface area contributed by atoms with Gasteiger partial charge in [0.2, 0.25) is 0 Å². The summed E-state index contributed by atoms with van der Waals surface area (Å²) in [4.78, 5) is 4.24. The van der Waals surface area contributed by atoms with E-state index in [1.807, 2.05) is 36.6 Å². The van der Waals surface area contributed by atoms with Gasteiger partial charge in [-0.25, -0.2) is 4.98 Å². The molecule has 0 unspecified atom stereocenters. The Bertz CT molecular complexity index is 509. The first-order valence-corrected chi connectivity index (χ1v) is 6.55. The van der Waals surface area contributed by atoms with E-state index in [2.05, 4.69) is 20.0 Å². The maximum atomic E-state index is 4.24. The van der Waals surface area contributed by atoms with Gasteiger partial charge in [0.1, 0.15) is 0 Å². The summed E-state index contributed by atoms with van der Waals surface area (Å²) in [5.41, 5.74) is 2.28. The van der Waals surface area contributed by atoms with Gasteiger partial charge in [0.05, 0.1) is 24.4 Å². The lowest BCUT2D eigenvalue weighted by Gasteiger charge is -2.07. The molecule has 1 saturated carbocycles. The van der Waals surface area contributed by atoms with Crippen LogP contribution in [0.2, 0.25) is 0 Å². The normalized spacial score (nSPS) is 15.2. The van der Waals surface area contributed by atoms with Crippen LogP contribution < -0.4 is 5.32 Å². The highest BCUT2D eigenvalue weighted by Crippen LogP contribution is 2.19. The number of nitrogens with one attached hydrogen (secondary N) is 1. The maximum absolute atomic E-state index is 4.24. The summed E-state index contributed by atoms with van der Waals surface area (Å²) >= 11 is 0. The van der Waals surface area contributed by atoms with E-state index in [4.69, 9.17) is 0 Å². The molecule has 1 aliphatic carbocycles. The lowest BCUT2D eigenvalue weighted by molar-refractivity contribution is 0.581. The predicted molar refractivity (Wildman–Crippen MR) is 70.1 cm³/mol. The molecule has 0 spiro atoms. The first-order chi connectivity index (χ1) is 8.83. The maximum Gasteiger partial charge on any atom is 0.0950 e. The Labute approximate surface area is 107 Å². The van der Waals surface area contributed by atoms with Gasteiger partial charge in [-0.1, -0.05) is 0 Å². The average Bonchev–Trinajstić information content (AvgIpc) is 2.89. The van der Waals surface area contributed by atoms with Gasteiger partial charge in [0, 0.05) is 31.4 Å². The van der Waals surface area contributed by atoms with Gasteiger partial charge in [-0.05, 0) is 25.8 Å². The summed E-state index contributed by atoms with van der Waals surface area (Å²) in [6.07, 6.45) is 11.6. The van der Waals surface area contributed by atoms with Crippen molar-refractivity contribution >= 4 is 0 Å². The van der Waals surface area contributed by atoms with Crippen molar-refractivity contribution in [3.8, 4) is 11.3 Å². The standard InChI is InChI=1S/C13H19N5/c1-17-9-11(7-16-17)13-8-14-10-18(13)6-2-5-15-12-3-4-12/h7-10,12,15H,2-6H2,1H3. The van der Waals surface area contributed by atoms with Gasteiger partial charge in [-0.2, -0.15) is 5.10 Å². The van der Waals surface area contributed by atoms with Crippen molar-refractivity contribution < 1.29 is 0 Å². The zero-order chi connectivity index (χ0) is 12.4. The third-order valence-corrected chi connectivity index (χ3v) is 3.30. The molecule has 1 fully saturated rings. The molecule has 18 heavy (non-hydrogen) atoms. The van der Waals surface area contributed by atoms with Crippen molar-refractivity contribution in [2.45, 2.75) is 31.8 Å². The van der Waals surface area contributed by atoms with Gasteiger partial charge >= 0.3 is 0 Å². The lowest BCUT2D eigenvalue weighted by Crippen LogP contribution is -2.18. The number of nitrogens with zero attached hydrogens (tertiary/aromatic N) is 4. The fourth-order valence-electron chi connectivity index (χ4n) is 2.14. The van der Waals surface area contributed by atoms with E-state index >= 15 is 0 Å². The van der Waals surface area contributed by atoms with Crippen LogP contribution in [0.25, 0.3) is 11.3 Å². The minimum Gasteiger partial charge on any atom is -0.330 e. The second-order valence-electron chi connectivity index (χ2n) is 4.96. The van der Waals surface area contributed by atoms with E-state index in [0.29, 0.717) is 0 Å². The number of aryl methyl sites for hydroxylation is 2. The number of hydrogen-bond acceptors (Lipinski definition) is 3.